The van der Waals surface area contributed by atoms with Gasteiger partial charge in [-0.1, -0.05) is 30.0 Å². The molecule has 1 aliphatic carbocycles. The molecule has 0 radical (unpaired) electrons. The van der Waals surface area contributed by atoms with Crippen LogP contribution in [-0.2, 0) is 22.4 Å². The Morgan fingerprint density at radius 1 is 1.30 bits per heavy atom. The number of benzene rings is 1. The zero-order chi connectivity index (χ0) is 19.1. The summed E-state index contributed by atoms with van der Waals surface area (Å²) in [4.78, 5) is 17.4. The van der Waals surface area contributed by atoms with Crippen LogP contribution in [0.1, 0.15) is 44.5 Å². The Morgan fingerprint density at radius 3 is 2.85 bits per heavy atom. The van der Waals surface area contributed by atoms with Crippen LogP contribution < -0.4 is 5.32 Å². The fraction of sp³-hybridized carbons (Fsp3) is 0.524. The van der Waals surface area contributed by atoms with Gasteiger partial charge in [0.2, 0.25) is 5.91 Å². The molecule has 0 aliphatic heterocycles. The first kappa shape index (κ1) is 20.0. The summed E-state index contributed by atoms with van der Waals surface area (Å²) in [6.07, 6.45) is 5.31. The summed E-state index contributed by atoms with van der Waals surface area (Å²) in [6.45, 7) is 5.97. The van der Waals surface area contributed by atoms with Crippen molar-refractivity contribution in [2.24, 2.45) is 0 Å². The van der Waals surface area contributed by atoms with E-state index >= 15 is 0 Å². The van der Waals surface area contributed by atoms with Crippen molar-refractivity contribution in [3.8, 4) is 5.69 Å². The maximum Gasteiger partial charge on any atom is 0.233 e. The highest BCUT2D eigenvalue weighted by Crippen LogP contribution is 2.32. The number of rotatable bonds is 9. The number of para-hydroxylation sites is 1. The molecule has 1 aromatic carbocycles. The van der Waals surface area contributed by atoms with Crippen molar-refractivity contribution in [2.45, 2.75) is 56.4 Å². The molecule has 0 spiro atoms. The summed E-state index contributed by atoms with van der Waals surface area (Å²) in [6, 6.07) is 10.3. The van der Waals surface area contributed by atoms with E-state index in [-0.39, 0.29) is 11.2 Å². The molecule has 1 N–H and O–H groups in total. The molecule has 1 heterocycles. The minimum atomic E-state index is -0.191. The number of thioether (sulfide) groups is 1. The van der Waals surface area contributed by atoms with E-state index < -0.39 is 0 Å². The smallest absolute Gasteiger partial charge is 0.233 e. The van der Waals surface area contributed by atoms with Crippen molar-refractivity contribution in [3.63, 3.8) is 0 Å². The van der Waals surface area contributed by atoms with Gasteiger partial charge in [0.1, 0.15) is 0 Å². The van der Waals surface area contributed by atoms with Crippen molar-refractivity contribution in [2.75, 3.05) is 19.8 Å². The van der Waals surface area contributed by atoms with Crippen LogP contribution in [0.5, 0.6) is 0 Å². The molecule has 146 valence electrons. The summed E-state index contributed by atoms with van der Waals surface area (Å²) in [5.74, 6) is 0.0529. The number of imidazole rings is 1. The average molecular weight is 388 g/mol. The normalized spacial score (nSPS) is 14.6. The number of nitrogens with one attached hydrogen (secondary N) is 1. The lowest BCUT2D eigenvalue weighted by molar-refractivity contribution is -0.120. The van der Waals surface area contributed by atoms with Crippen LogP contribution in [0.4, 0.5) is 0 Å². The predicted molar refractivity (Wildman–Crippen MR) is 110 cm³/mol. The lowest BCUT2D eigenvalue weighted by Crippen LogP contribution is -2.32. The molecule has 3 rings (SSSR count). The Hall–Kier alpha value is -1.79. The zero-order valence-corrected chi connectivity index (χ0v) is 17.1. The molecule has 1 atom stereocenters. The maximum atomic E-state index is 12.5. The van der Waals surface area contributed by atoms with Crippen LogP contribution >= 0.6 is 11.8 Å². The van der Waals surface area contributed by atoms with Gasteiger partial charge in [0.25, 0.3) is 0 Å². The number of aromatic nitrogens is 2. The number of fused-ring (bicyclic) bond motifs is 1. The lowest BCUT2D eigenvalue weighted by Gasteiger charge is -2.16. The summed E-state index contributed by atoms with van der Waals surface area (Å²) in [5, 5.41) is 3.74. The van der Waals surface area contributed by atoms with E-state index in [0.717, 1.165) is 30.1 Å². The Morgan fingerprint density at radius 2 is 2.07 bits per heavy atom. The van der Waals surface area contributed by atoms with Crippen molar-refractivity contribution in [1.82, 2.24) is 14.9 Å². The van der Waals surface area contributed by atoms with Gasteiger partial charge in [0.15, 0.2) is 5.16 Å². The number of aryl methyl sites for hydroxylation is 1. The monoisotopic (exact) mass is 387 g/mol. The fourth-order valence-electron chi connectivity index (χ4n) is 3.32. The van der Waals surface area contributed by atoms with Gasteiger partial charge in [-0.05, 0) is 58.1 Å². The summed E-state index contributed by atoms with van der Waals surface area (Å²) >= 11 is 1.54. The van der Waals surface area contributed by atoms with Gasteiger partial charge in [0, 0.05) is 31.1 Å². The second-order valence-electron chi connectivity index (χ2n) is 6.77. The minimum absolute atomic E-state index is 0.0529. The Labute approximate surface area is 165 Å². The van der Waals surface area contributed by atoms with Gasteiger partial charge < -0.3 is 10.1 Å². The summed E-state index contributed by atoms with van der Waals surface area (Å²) in [5.41, 5.74) is 3.62. The first-order valence-electron chi connectivity index (χ1n) is 9.88. The van der Waals surface area contributed by atoms with Crippen molar-refractivity contribution < 1.29 is 9.53 Å². The second kappa shape index (κ2) is 9.95. The number of nitrogens with zero attached hydrogens (tertiary/aromatic N) is 2. The SMILES string of the molecule is CCOCCCNC(=O)C(C)Sc1nc2c(n1-c1ccccc1)CCCC2. The van der Waals surface area contributed by atoms with Crippen LogP contribution in [0.3, 0.4) is 0 Å². The van der Waals surface area contributed by atoms with E-state index in [0.29, 0.717) is 19.8 Å². The lowest BCUT2D eigenvalue weighted by atomic mass is 10.0. The van der Waals surface area contributed by atoms with Crippen LogP contribution in [0.25, 0.3) is 5.69 Å². The van der Waals surface area contributed by atoms with E-state index in [1.165, 1.54) is 24.2 Å². The van der Waals surface area contributed by atoms with Gasteiger partial charge in [-0.15, -0.1) is 0 Å². The highest BCUT2D eigenvalue weighted by atomic mass is 32.2. The molecule has 0 saturated carbocycles. The minimum Gasteiger partial charge on any atom is -0.382 e. The first-order valence-corrected chi connectivity index (χ1v) is 10.8. The number of carbonyl (C=O) groups is 1. The summed E-state index contributed by atoms with van der Waals surface area (Å²) < 4.78 is 7.56. The molecule has 1 aromatic heterocycles. The third-order valence-corrected chi connectivity index (χ3v) is 5.79. The van der Waals surface area contributed by atoms with Crippen molar-refractivity contribution >= 4 is 17.7 Å². The van der Waals surface area contributed by atoms with Gasteiger partial charge in [-0.3, -0.25) is 9.36 Å². The van der Waals surface area contributed by atoms with Crippen LogP contribution in [0, 0.1) is 0 Å². The third-order valence-electron chi connectivity index (χ3n) is 4.74. The van der Waals surface area contributed by atoms with Crippen molar-refractivity contribution in [3.05, 3.63) is 41.7 Å². The van der Waals surface area contributed by atoms with Crippen LogP contribution in [-0.4, -0.2) is 40.5 Å². The van der Waals surface area contributed by atoms with Crippen LogP contribution in [0.2, 0.25) is 0 Å². The molecule has 1 unspecified atom stereocenters. The summed E-state index contributed by atoms with van der Waals surface area (Å²) in [7, 11) is 0. The molecule has 5 nitrogen and oxygen atoms in total. The quantitative estimate of drug-likeness (QED) is 0.526. The van der Waals surface area contributed by atoms with Gasteiger partial charge >= 0.3 is 0 Å². The molecule has 27 heavy (non-hydrogen) atoms. The van der Waals surface area contributed by atoms with Crippen molar-refractivity contribution in [1.29, 1.82) is 0 Å². The predicted octanol–water partition coefficient (Wildman–Crippen LogP) is 3.77. The van der Waals surface area contributed by atoms with E-state index in [1.807, 2.05) is 32.0 Å². The molecule has 1 aliphatic rings. The van der Waals surface area contributed by atoms with Gasteiger partial charge in [-0.2, -0.15) is 0 Å². The molecular weight excluding hydrogens is 358 g/mol. The highest BCUT2D eigenvalue weighted by Gasteiger charge is 2.24. The number of hydrogen-bond donors (Lipinski definition) is 1. The molecule has 1 amide bonds. The van der Waals surface area contributed by atoms with Crippen LogP contribution in [0.15, 0.2) is 35.5 Å². The molecular formula is C21H29N3O2S. The largest absolute Gasteiger partial charge is 0.382 e. The average Bonchev–Trinajstić information content (AvgIpc) is 3.06. The zero-order valence-electron chi connectivity index (χ0n) is 16.2. The molecule has 6 heteroatoms. The van der Waals surface area contributed by atoms with E-state index in [2.05, 4.69) is 22.0 Å². The van der Waals surface area contributed by atoms with Gasteiger partial charge in [0.05, 0.1) is 10.9 Å². The number of amides is 1. The Kier molecular flexibility index (Phi) is 7.35. The van der Waals surface area contributed by atoms with Gasteiger partial charge in [-0.25, -0.2) is 4.98 Å². The first-order chi connectivity index (χ1) is 13.2. The van der Waals surface area contributed by atoms with E-state index in [4.69, 9.17) is 9.72 Å². The molecule has 0 saturated heterocycles. The topological polar surface area (TPSA) is 56.1 Å². The number of carbonyl (C=O) groups excluding carboxylic acids is 1. The number of hydrogen-bond acceptors (Lipinski definition) is 4. The Balaban J connectivity index is 1.71. The molecule has 0 bridgehead atoms. The van der Waals surface area contributed by atoms with E-state index in [1.54, 1.807) is 11.8 Å². The number of ether oxygens (including phenoxy) is 1. The van der Waals surface area contributed by atoms with E-state index in [9.17, 15) is 4.79 Å². The maximum absolute atomic E-state index is 12.5. The second-order valence-corrected chi connectivity index (χ2v) is 8.08. The fourth-order valence-corrected chi connectivity index (χ4v) is 4.31. The molecule has 2 aromatic rings. The third kappa shape index (κ3) is 5.14. The standard InChI is InChI=1S/C21H29N3O2S/c1-3-26-15-9-14-22-20(25)16(2)27-21-23-18-12-7-8-13-19(18)24(21)17-10-5-4-6-11-17/h4-6,10-11,16H,3,7-9,12-15H2,1-2H3,(H,22,25). The highest BCUT2D eigenvalue weighted by molar-refractivity contribution is 8.00. The Bertz CT molecular complexity index is 745. The molecule has 0 fully saturated rings.